The first kappa shape index (κ1) is 16.0. The molecule has 1 atom stereocenters. The zero-order valence-electron chi connectivity index (χ0n) is 13.2. The van der Waals surface area contributed by atoms with Gasteiger partial charge < -0.3 is 10.1 Å². The van der Waals surface area contributed by atoms with Gasteiger partial charge in [-0.25, -0.2) is 4.79 Å². The molecule has 4 nitrogen and oxygen atoms in total. The number of Topliss-reactive ketones (excluding diaryl/α,β-unsaturated/α-hetero) is 1. The summed E-state index contributed by atoms with van der Waals surface area (Å²) in [6.45, 7) is 13.2. The monoisotopic (exact) mass is 269 g/mol. The molecule has 0 saturated heterocycles. The van der Waals surface area contributed by atoms with E-state index in [0.717, 1.165) is 12.8 Å². The van der Waals surface area contributed by atoms with Crippen LogP contribution in [0, 0.1) is 10.8 Å². The van der Waals surface area contributed by atoms with Gasteiger partial charge >= 0.3 is 6.09 Å². The van der Waals surface area contributed by atoms with Gasteiger partial charge in [-0.3, -0.25) is 4.79 Å². The summed E-state index contributed by atoms with van der Waals surface area (Å²) in [5.41, 5.74) is -1.10. The summed E-state index contributed by atoms with van der Waals surface area (Å²) in [4.78, 5) is 23.9. The molecule has 0 aromatic heterocycles. The van der Waals surface area contributed by atoms with Crippen LogP contribution in [0.3, 0.4) is 0 Å². The second-order valence-corrected chi connectivity index (χ2v) is 7.66. The Bertz CT molecular complexity index is 370. The molecule has 0 aliphatic heterocycles. The van der Waals surface area contributed by atoms with Gasteiger partial charge in [0.25, 0.3) is 0 Å². The molecular weight excluding hydrogens is 242 g/mol. The van der Waals surface area contributed by atoms with Gasteiger partial charge in [-0.1, -0.05) is 20.8 Å². The highest BCUT2D eigenvalue weighted by molar-refractivity contribution is 5.87. The summed E-state index contributed by atoms with van der Waals surface area (Å²) in [5.74, 6) is 0.156. The first-order valence-corrected chi connectivity index (χ1v) is 6.89. The topological polar surface area (TPSA) is 55.4 Å². The molecule has 4 heteroatoms. The SMILES string of the molecule is CC(=O)C1(C(NC(=O)OC(C)(C)C)C(C)(C)C)CC1. The molecule has 1 aliphatic rings. The zero-order valence-corrected chi connectivity index (χ0v) is 13.2. The van der Waals surface area contributed by atoms with Crippen molar-refractivity contribution in [3.63, 3.8) is 0 Å². The summed E-state index contributed by atoms with van der Waals surface area (Å²) in [6.07, 6.45) is 1.25. The predicted octanol–water partition coefficient (Wildman–Crippen LogP) is 3.30. The number of hydrogen-bond donors (Lipinski definition) is 1. The highest BCUT2D eigenvalue weighted by atomic mass is 16.6. The van der Waals surface area contributed by atoms with Crippen LogP contribution < -0.4 is 5.32 Å². The van der Waals surface area contributed by atoms with Crippen molar-refractivity contribution in [1.82, 2.24) is 5.32 Å². The second-order valence-electron chi connectivity index (χ2n) is 7.66. The van der Waals surface area contributed by atoms with Gasteiger partial charge in [0, 0.05) is 11.5 Å². The molecule has 1 unspecified atom stereocenters. The van der Waals surface area contributed by atoms with Gasteiger partial charge in [-0.15, -0.1) is 0 Å². The van der Waals surface area contributed by atoms with E-state index in [-0.39, 0.29) is 17.2 Å². The van der Waals surface area contributed by atoms with Crippen molar-refractivity contribution in [3.05, 3.63) is 0 Å². The molecule has 19 heavy (non-hydrogen) atoms. The standard InChI is InChI=1S/C15H27NO3/c1-10(17)15(8-9-15)11(13(2,3)4)16-12(18)19-14(5,6)7/h11H,8-9H2,1-7H3,(H,16,18). The second kappa shape index (κ2) is 4.80. The zero-order chi connectivity index (χ0) is 15.1. The van der Waals surface area contributed by atoms with Crippen LogP contribution in [0.1, 0.15) is 61.3 Å². The van der Waals surface area contributed by atoms with Crippen molar-refractivity contribution in [2.45, 2.75) is 73.0 Å². The maximum atomic E-state index is 12.0. The van der Waals surface area contributed by atoms with Crippen molar-refractivity contribution in [3.8, 4) is 0 Å². The fourth-order valence-electron chi connectivity index (χ4n) is 2.59. The van der Waals surface area contributed by atoms with Gasteiger partial charge in [-0.2, -0.15) is 0 Å². The minimum atomic E-state index is -0.528. The molecule has 0 spiro atoms. The quantitative estimate of drug-likeness (QED) is 0.855. The lowest BCUT2D eigenvalue weighted by Gasteiger charge is -2.37. The normalized spacial score (nSPS) is 19.5. The van der Waals surface area contributed by atoms with Crippen LogP contribution in [-0.4, -0.2) is 23.5 Å². The van der Waals surface area contributed by atoms with Crippen LogP contribution in [-0.2, 0) is 9.53 Å². The molecule has 1 rings (SSSR count). The Kier molecular flexibility index (Phi) is 4.04. The summed E-state index contributed by atoms with van der Waals surface area (Å²) in [6, 6.07) is -0.188. The highest BCUT2D eigenvalue weighted by Crippen LogP contribution is 2.54. The van der Waals surface area contributed by atoms with E-state index in [1.165, 1.54) is 0 Å². The first-order valence-electron chi connectivity index (χ1n) is 6.89. The average Bonchev–Trinajstić information content (AvgIpc) is 2.89. The number of alkyl carbamates (subject to hydrolysis) is 1. The molecule has 1 aliphatic carbocycles. The minimum Gasteiger partial charge on any atom is -0.444 e. The van der Waals surface area contributed by atoms with E-state index >= 15 is 0 Å². The van der Waals surface area contributed by atoms with Gasteiger partial charge in [0.2, 0.25) is 0 Å². The lowest BCUT2D eigenvalue weighted by Crippen LogP contribution is -2.52. The fraction of sp³-hybridized carbons (Fsp3) is 0.867. The molecular formula is C15H27NO3. The van der Waals surface area contributed by atoms with Crippen LogP contribution in [0.2, 0.25) is 0 Å². The van der Waals surface area contributed by atoms with Gasteiger partial charge in [0.05, 0.1) is 0 Å². The highest BCUT2D eigenvalue weighted by Gasteiger charge is 2.57. The van der Waals surface area contributed by atoms with E-state index < -0.39 is 17.1 Å². The predicted molar refractivity (Wildman–Crippen MR) is 75.0 cm³/mol. The lowest BCUT2D eigenvalue weighted by molar-refractivity contribution is -0.124. The first-order chi connectivity index (χ1) is 8.38. The number of hydrogen-bond acceptors (Lipinski definition) is 3. The van der Waals surface area contributed by atoms with Gasteiger partial charge in [0.1, 0.15) is 11.4 Å². The van der Waals surface area contributed by atoms with Crippen molar-refractivity contribution >= 4 is 11.9 Å². The number of nitrogens with one attached hydrogen (secondary N) is 1. The van der Waals surface area contributed by atoms with Crippen LogP contribution >= 0.6 is 0 Å². The molecule has 0 heterocycles. The Morgan fingerprint density at radius 1 is 1.11 bits per heavy atom. The van der Waals surface area contributed by atoms with Gasteiger partial charge in [-0.05, 0) is 46.0 Å². The van der Waals surface area contributed by atoms with Crippen molar-refractivity contribution in [1.29, 1.82) is 0 Å². The number of ether oxygens (including phenoxy) is 1. The van der Waals surface area contributed by atoms with Crippen LogP contribution in [0.15, 0.2) is 0 Å². The van der Waals surface area contributed by atoms with Crippen molar-refractivity contribution in [2.75, 3.05) is 0 Å². The third kappa shape index (κ3) is 3.95. The molecule has 1 amide bonds. The van der Waals surface area contributed by atoms with E-state index in [2.05, 4.69) is 5.32 Å². The van der Waals surface area contributed by atoms with Crippen LogP contribution in [0.4, 0.5) is 4.79 Å². The number of carbonyl (C=O) groups is 2. The summed E-state index contributed by atoms with van der Waals surface area (Å²) >= 11 is 0. The van der Waals surface area contributed by atoms with Crippen LogP contribution in [0.25, 0.3) is 0 Å². The molecule has 110 valence electrons. The number of amides is 1. The molecule has 0 bridgehead atoms. The Labute approximate surface area is 116 Å². The van der Waals surface area contributed by atoms with E-state index in [1.807, 2.05) is 41.5 Å². The molecule has 0 aromatic rings. The van der Waals surface area contributed by atoms with E-state index in [4.69, 9.17) is 4.74 Å². The molecule has 1 N–H and O–H groups in total. The Morgan fingerprint density at radius 2 is 1.58 bits per heavy atom. The van der Waals surface area contributed by atoms with E-state index in [0.29, 0.717) is 0 Å². The Hall–Kier alpha value is -1.06. The molecule has 0 aromatic carbocycles. The largest absolute Gasteiger partial charge is 0.444 e. The minimum absolute atomic E-state index is 0.156. The van der Waals surface area contributed by atoms with E-state index in [9.17, 15) is 9.59 Å². The number of carbonyl (C=O) groups excluding carboxylic acids is 2. The van der Waals surface area contributed by atoms with Crippen molar-refractivity contribution < 1.29 is 14.3 Å². The number of rotatable bonds is 3. The van der Waals surface area contributed by atoms with Gasteiger partial charge in [0.15, 0.2) is 0 Å². The summed E-state index contributed by atoms with van der Waals surface area (Å²) in [5, 5.41) is 2.92. The summed E-state index contributed by atoms with van der Waals surface area (Å²) < 4.78 is 5.30. The maximum Gasteiger partial charge on any atom is 0.407 e. The fourth-order valence-corrected chi connectivity index (χ4v) is 2.59. The smallest absolute Gasteiger partial charge is 0.407 e. The Balaban J connectivity index is 2.84. The third-order valence-corrected chi connectivity index (χ3v) is 3.57. The Morgan fingerprint density at radius 3 is 1.84 bits per heavy atom. The molecule has 1 saturated carbocycles. The lowest BCUT2D eigenvalue weighted by atomic mass is 9.75. The maximum absolute atomic E-state index is 12.0. The molecule has 1 fully saturated rings. The van der Waals surface area contributed by atoms with E-state index in [1.54, 1.807) is 6.92 Å². The van der Waals surface area contributed by atoms with Crippen LogP contribution in [0.5, 0.6) is 0 Å². The molecule has 0 radical (unpaired) electrons. The third-order valence-electron chi connectivity index (χ3n) is 3.57. The van der Waals surface area contributed by atoms with Crippen molar-refractivity contribution in [2.24, 2.45) is 10.8 Å². The number of ketones is 1. The average molecular weight is 269 g/mol. The summed E-state index contributed by atoms with van der Waals surface area (Å²) in [7, 11) is 0.